The largest absolute Gasteiger partial charge is 0 e. The minimum atomic E-state index is -3.65. The molecule has 0 fully saturated rings. The van der Waals surface area contributed by atoms with Crippen LogP contribution in [0.2, 0.25) is 0 Å². The van der Waals surface area contributed by atoms with Crippen molar-refractivity contribution in [1.29, 1.82) is 0 Å². The van der Waals surface area contributed by atoms with E-state index in [1.54, 1.807) is 0 Å². The van der Waals surface area contributed by atoms with Crippen LogP contribution < -0.4 is 32.5 Å². The predicted octanol–water partition coefficient (Wildman–Crippen LogP) is 14.1. The van der Waals surface area contributed by atoms with Crippen LogP contribution in [0, 0.1) is 18.8 Å². The van der Waals surface area contributed by atoms with Crippen molar-refractivity contribution in [3.05, 3.63) is 236 Å². The second-order valence-corrected chi connectivity index (χ2v) is 28.2. The number of allylic oxidation sites excluding steroid dienone is 1. The molecule has 2 aromatic heterocycles. The molecule has 14 rings (SSSR count). The SMILES string of the molecule is CC(C)(C)c1ccnc(-n2c3c4c5[c](cc(Oc6[c-]c(N7[CH-]N(c8c(-c9ccccc9)cccc8-c8ccccc8)c8ccccc87)ccc6)[c-]c52)[Ge]2([c]5ccccc5Oc5cccc[c]52)[CH]4CC=C3)c1.[Pt]. The molecule has 1 unspecified atom stereocenters. The van der Waals surface area contributed by atoms with Crippen molar-refractivity contribution in [2.75, 3.05) is 9.80 Å². The normalized spacial score (nSPS) is 15.5. The molecule has 10 aromatic rings. The van der Waals surface area contributed by atoms with Crippen molar-refractivity contribution in [1.82, 2.24) is 9.55 Å². The van der Waals surface area contributed by atoms with Gasteiger partial charge >= 0.3 is 329 Å². The Morgan fingerprint density at radius 1 is 0.639 bits per heavy atom. The summed E-state index contributed by atoms with van der Waals surface area (Å²) in [4.78, 5) is 9.64. The van der Waals surface area contributed by atoms with Crippen LogP contribution >= 0.6 is 0 Å². The maximum absolute atomic E-state index is 7.16. The summed E-state index contributed by atoms with van der Waals surface area (Å²) in [5.41, 5.74) is 13.4. The molecule has 0 N–H and O–H groups in total. The molecule has 0 saturated heterocycles. The summed E-state index contributed by atoms with van der Waals surface area (Å²) in [5.74, 6) is 4.06. The molecule has 3 aliphatic heterocycles. The first kappa shape index (κ1) is 44.6. The van der Waals surface area contributed by atoms with Crippen LogP contribution in [-0.4, -0.2) is 22.8 Å². The molecule has 1 spiro atoms. The number of aromatic nitrogens is 2. The molecule has 0 radical (unpaired) electrons. The van der Waals surface area contributed by atoms with Gasteiger partial charge in [-0.3, -0.25) is 0 Å². The van der Waals surface area contributed by atoms with Crippen molar-refractivity contribution in [3.63, 3.8) is 0 Å². The molecule has 4 aliphatic rings. The molecule has 1 aliphatic carbocycles. The van der Waals surface area contributed by atoms with Crippen LogP contribution in [0.4, 0.5) is 22.7 Å². The quantitative estimate of drug-likeness (QED) is 0.118. The first-order chi connectivity index (χ1) is 34.8. The van der Waals surface area contributed by atoms with E-state index < -0.39 is 13.3 Å². The third-order valence-electron chi connectivity index (χ3n) is 15.0. The Balaban J connectivity index is 0.00000504. The number of anilines is 4. The zero-order valence-corrected chi connectivity index (χ0v) is 44.3. The molecular formula is C64H47GeN4O2Pt-3. The van der Waals surface area contributed by atoms with Gasteiger partial charge in [-0.2, -0.15) is 0 Å². The predicted molar refractivity (Wildman–Crippen MR) is 290 cm³/mol. The molecule has 1 atom stereocenters. The minimum absolute atomic E-state index is 0. The van der Waals surface area contributed by atoms with E-state index in [1.807, 2.05) is 12.3 Å². The van der Waals surface area contributed by atoms with E-state index in [0.29, 0.717) is 11.5 Å². The first-order valence-electron chi connectivity index (χ1n) is 24.5. The molecule has 72 heavy (non-hydrogen) atoms. The van der Waals surface area contributed by atoms with Gasteiger partial charge in [-0.25, -0.2) is 0 Å². The standard InChI is InChI=1S/C64H47GeN4O2.Pt/c1-64(2,3)44-35-36-66-60(37-44)69-56-32-18-29-52-61(56)62-53(65(52)50-27-10-14-33-58(50)71-59-34-15-11-28-51(59)65)39-47(40-57(62)69)70-46-24-16-23-45(38-46)67-41-68(55-31-13-12-30-54(55)67)63-48(42-19-6-4-7-20-42)25-17-26-49(63)43-21-8-5-9-22-43;/h4-28,30-37,39,41,52H,29H2,1-3H3;/q-3;. The van der Waals surface area contributed by atoms with Gasteiger partial charge in [0, 0.05) is 21.1 Å². The van der Waals surface area contributed by atoms with Gasteiger partial charge in [-0.05, 0) is 11.1 Å². The van der Waals surface area contributed by atoms with Crippen molar-refractivity contribution in [2.45, 2.75) is 37.4 Å². The third kappa shape index (κ3) is 6.75. The van der Waals surface area contributed by atoms with Crippen molar-refractivity contribution in [2.24, 2.45) is 0 Å². The van der Waals surface area contributed by atoms with Crippen LogP contribution in [0.25, 0.3) is 45.1 Å². The number of pyridine rings is 1. The molecule has 6 nitrogen and oxygen atoms in total. The summed E-state index contributed by atoms with van der Waals surface area (Å²) < 4.78 is 20.6. The second-order valence-electron chi connectivity index (χ2n) is 19.9. The average molecular weight is 1170 g/mol. The fourth-order valence-electron chi connectivity index (χ4n) is 11.9. The average Bonchev–Trinajstić information content (AvgIpc) is 4.06. The van der Waals surface area contributed by atoms with E-state index in [-0.39, 0.29) is 31.2 Å². The number of hydrogen-bond acceptors (Lipinski definition) is 5. The summed E-state index contributed by atoms with van der Waals surface area (Å²) >= 11 is -3.65. The molecule has 8 heteroatoms. The van der Waals surface area contributed by atoms with E-state index in [0.717, 1.165) is 74.3 Å². The van der Waals surface area contributed by atoms with Gasteiger partial charge in [0.25, 0.3) is 0 Å². The van der Waals surface area contributed by atoms with Crippen LogP contribution in [0.3, 0.4) is 0 Å². The number of hydrogen-bond donors (Lipinski definition) is 0. The molecule has 0 saturated carbocycles. The summed E-state index contributed by atoms with van der Waals surface area (Å²) in [6, 6.07) is 74.6. The number of benzene rings is 8. The van der Waals surface area contributed by atoms with Gasteiger partial charge in [0.2, 0.25) is 0 Å². The van der Waals surface area contributed by atoms with E-state index in [9.17, 15) is 0 Å². The van der Waals surface area contributed by atoms with Gasteiger partial charge in [0.15, 0.2) is 0 Å². The summed E-state index contributed by atoms with van der Waals surface area (Å²) in [6.45, 7) is 8.97. The van der Waals surface area contributed by atoms with Crippen molar-refractivity contribution >= 4 is 66.2 Å². The Hall–Kier alpha value is -7.38. The minimum Gasteiger partial charge on any atom is 0 e. The number of fused-ring (bicyclic) bond motifs is 7. The smallest absolute Gasteiger partial charge is 0 e. The zero-order valence-electron chi connectivity index (χ0n) is 39.9. The maximum Gasteiger partial charge on any atom is 0 e. The third-order valence-corrected chi connectivity index (χ3v) is 26.2. The van der Waals surface area contributed by atoms with Gasteiger partial charge in [0.05, 0.1) is 0 Å². The van der Waals surface area contributed by atoms with E-state index >= 15 is 0 Å². The summed E-state index contributed by atoms with van der Waals surface area (Å²) in [7, 11) is 0. The van der Waals surface area contributed by atoms with Crippen LogP contribution in [-0.2, 0) is 26.5 Å². The first-order valence-corrected chi connectivity index (χ1v) is 28.8. The maximum atomic E-state index is 7.16. The fraction of sp³-hybridized carbons (Fsp3) is 0.0938. The Labute approximate surface area is 437 Å². The van der Waals surface area contributed by atoms with Gasteiger partial charge in [-0.1, -0.05) is 78.9 Å². The van der Waals surface area contributed by atoms with Crippen molar-refractivity contribution in [3.8, 4) is 51.1 Å². The van der Waals surface area contributed by atoms with Crippen molar-refractivity contribution < 1.29 is 30.5 Å². The summed E-state index contributed by atoms with van der Waals surface area (Å²) in [5, 5.41) is 1.28. The molecule has 0 amide bonds. The van der Waals surface area contributed by atoms with Gasteiger partial charge in [0.1, 0.15) is 0 Å². The topological polar surface area (TPSA) is 42.8 Å². The van der Waals surface area contributed by atoms with Crippen LogP contribution in [0.15, 0.2) is 200 Å². The molecule has 352 valence electrons. The Bertz CT molecular complexity index is 3700. The molecule has 0 bridgehead atoms. The molecule has 5 heterocycles. The Morgan fingerprint density at radius 3 is 1.94 bits per heavy atom. The van der Waals surface area contributed by atoms with Gasteiger partial charge < -0.3 is 0 Å². The molecular weight excluding hydrogens is 1120 g/mol. The number of rotatable bonds is 7. The second kappa shape index (κ2) is 17.1. The van der Waals surface area contributed by atoms with E-state index in [4.69, 9.17) is 14.5 Å². The number of nitrogens with zero attached hydrogens (tertiary/aromatic N) is 4. The Kier molecular flexibility index (Phi) is 10.6. The van der Waals surface area contributed by atoms with Crippen LogP contribution in [0.1, 0.15) is 48.8 Å². The fourth-order valence-corrected chi connectivity index (χ4v) is 24.5. The number of para-hydroxylation sites is 5. The zero-order chi connectivity index (χ0) is 47.4. The Morgan fingerprint density at radius 2 is 1.26 bits per heavy atom. The molecule has 8 aromatic carbocycles. The number of ether oxygens (including phenoxy) is 2. The van der Waals surface area contributed by atoms with Gasteiger partial charge in [-0.15, -0.1) is 0 Å². The van der Waals surface area contributed by atoms with E-state index in [1.165, 1.54) is 35.4 Å². The van der Waals surface area contributed by atoms with Crippen LogP contribution in [0.5, 0.6) is 23.0 Å². The monoisotopic (exact) mass is 1170 g/mol. The summed E-state index contributed by atoms with van der Waals surface area (Å²) in [6.07, 6.45) is 7.60. The van der Waals surface area contributed by atoms with E-state index in [2.05, 4.69) is 248 Å².